The van der Waals surface area contributed by atoms with Gasteiger partial charge in [-0.3, -0.25) is 0 Å². The molecule has 3 aromatic rings. The Hall–Kier alpha value is -2.49. The van der Waals surface area contributed by atoms with Crippen molar-refractivity contribution in [3.8, 4) is 17.2 Å². The van der Waals surface area contributed by atoms with E-state index in [1.54, 1.807) is 18.2 Å². The monoisotopic (exact) mass is 229 g/mol. The predicted molar refractivity (Wildman–Crippen MR) is 63.1 cm³/mol. The van der Waals surface area contributed by atoms with Gasteiger partial charge in [0.1, 0.15) is 5.75 Å². The van der Waals surface area contributed by atoms with Gasteiger partial charge in [0, 0.05) is 0 Å². The van der Waals surface area contributed by atoms with Gasteiger partial charge >= 0.3 is 11.2 Å². The van der Waals surface area contributed by atoms with Crippen molar-refractivity contribution in [1.29, 1.82) is 0 Å². The van der Waals surface area contributed by atoms with Gasteiger partial charge in [0.05, 0.1) is 16.8 Å². The fraction of sp³-hybridized carbons (Fsp3) is 0. The maximum Gasteiger partial charge on any atom is 0.405 e. The minimum absolute atomic E-state index is 0.0836. The number of phenols is 3. The van der Waals surface area contributed by atoms with E-state index in [4.69, 9.17) is 4.42 Å². The highest BCUT2D eigenvalue weighted by Crippen LogP contribution is 2.36. The summed E-state index contributed by atoms with van der Waals surface area (Å²) in [6.45, 7) is 0. The van der Waals surface area contributed by atoms with Gasteiger partial charge in [0.2, 0.25) is 0 Å². The highest BCUT2D eigenvalue weighted by molar-refractivity contribution is 5.94. The van der Waals surface area contributed by atoms with Crippen molar-refractivity contribution in [3.63, 3.8) is 0 Å². The zero-order chi connectivity index (χ0) is 12.0. The van der Waals surface area contributed by atoms with Gasteiger partial charge in [0.25, 0.3) is 5.75 Å². The largest absolute Gasteiger partial charge is 0.508 e. The molecule has 4 nitrogen and oxygen atoms in total. The molecule has 3 rings (SSSR count). The number of fused-ring (bicyclic) bond motifs is 2. The van der Waals surface area contributed by atoms with Crippen LogP contribution in [0.15, 0.2) is 40.8 Å². The fourth-order valence-corrected chi connectivity index (χ4v) is 1.81. The molecule has 1 heterocycles. The highest BCUT2D eigenvalue weighted by Gasteiger charge is 2.19. The summed E-state index contributed by atoms with van der Waals surface area (Å²) in [5, 5.41) is 29.9. The maximum absolute atomic E-state index is 9.68. The third kappa shape index (κ3) is 1.42. The average molecular weight is 229 g/mol. The van der Waals surface area contributed by atoms with Gasteiger partial charge in [-0.25, -0.2) is 4.42 Å². The van der Waals surface area contributed by atoms with Crippen LogP contribution >= 0.6 is 0 Å². The summed E-state index contributed by atoms with van der Waals surface area (Å²) in [6, 6.07) is 9.60. The molecular weight excluding hydrogens is 220 g/mol. The van der Waals surface area contributed by atoms with Crippen molar-refractivity contribution in [3.05, 3.63) is 36.4 Å². The standard InChI is InChI=1S/C13H8O4/c14-9-3-1-7-5-8-2-4-10(15)12(16)13(8)17-11(7)6-9/h1-6H,(H2-,14,15,16)/p+1. The molecule has 0 saturated heterocycles. The number of aromatic hydroxyl groups is 3. The molecule has 1 aromatic heterocycles. The summed E-state index contributed by atoms with van der Waals surface area (Å²) in [5.41, 5.74) is 0.640. The summed E-state index contributed by atoms with van der Waals surface area (Å²) in [5.74, 6) is -0.450. The van der Waals surface area contributed by atoms with Crippen molar-refractivity contribution in [2.24, 2.45) is 0 Å². The molecule has 4 heteroatoms. The van der Waals surface area contributed by atoms with Crippen molar-refractivity contribution >= 4 is 21.9 Å². The summed E-state index contributed by atoms with van der Waals surface area (Å²) < 4.78 is 5.47. The summed E-state index contributed by atoms with van der Waals surface area (Å²) in [7, 11) is 0. The second kappa shape index (κ2) is 3.25. The van der Waals surface area contributed by atoms with Crippen LogP contribution < -0.4 is 0 Å². The first kappa shape index (κ1) is 9.72. The minimum atomic E-state index is -0.298. The van der Waals surface area contributed by atoms with Crippen molar-refractivity contribution in [2.45, 2.75) is 0 Å². The van der Waals surface area contributed by atoms with Crippen molar-refractivity contribution in [1.82, 2.24) is 0 Å². The first-order chi connectivity index (χ1) is 8.15. The Balaban J connectivity index is 2.48. The van der Waals surface area contributed by atoms with Crippen LogP contribution in [0.5, 0.6) is 17.2 Å². The number of phenolic OH excluding ortho intramolecular Hbond substituents is 3. The van der Waals surface area contributed by atoms with Gasteiger partial charge in [-0.15, -0.1) is 0 Å². The normalized spacial score (nSPS) is 11.1. The predicted octanol–water partition coefficient (Wildman–Crippen LogP) is 2.98. The van der Waals surface area contributed by atoms with Crippen LogP contribution in [0.2, 0.25) is 0 Å². The number of hydrogen-bond acceptors (Lipinski definition) is 3. The SMILES string of the molecule is Oc1ccc2cc3ccc(O)c(O)c3[o+]c2c1. The topological polar surface area (TPSA) is 72.0 Å². The second-order valence-electron chi connectivity index (χ2n) is 3.82. The first-order valence-corrected chi connectivity index (χ1v) is 5.06. The van der Waals surface area contributed by atoms with E-state index < -0.39 is 0 Å². The highest BCUT2D eigenvalue weighted by atomic mass is 16.4. The summed E-state index contributed by atoms with van der Waals surface area (Å²) in [4.78, 5) is 0. The molecule has 0 aliphatic carbocycles. The van der Waals surface area contributed by atoms with E-state index in [1.807, 2.05) is 6.07 Å². The van der Waals surface area contributed by atoms with Crippen LogP contribution in [-0.4, -0.2) is 15.3 Å². The summed E-state index contributed by atoms with van der Waals surface area (Å²) in [6.07, 6.45) is 0. The smallest absolute Gasteiger partial charge is 0.405 e. The van der Waals surface area contributed by atoms with Crippen molar-refractivity contribution in [2.75, 3.05) is 0 Å². The van der Waals surface area contributed by atoms with Crippen LogP contribution in [0, 0.1) is 0 Å². The molecular formula is C13H9O4+. The lowest BCUT2D eigenvalue weighted by Crippen LogP contribution is -1.78. The fourth-order valence-electron chi connectivity index (χ4n) is 1.81. The lowest BCUT2D eigenvalue weighted by atomic mass is 10.1. The van der Waals surface area contributed by atoms with E-state index in [0.29, 0.717) is 11.0 Å². The number of benzene rings is 2. The van der Waals surface area contributed by atoms with Crippen LogP contribution in [0.3, 0.4) is 0 Å². The van der Waals surface area contributed by atoms with Crippen LogP contribution in [0.1, 0.15) is 0 Å². The summed E-state index contributed by atoms with van der Waals surface area (Å²) >= 11 is 0. The third-order valence-corrected chi connectivity index (χ3v) is 2.66. The zero-order valence-corrected chi connectivity index (χ0v) is 8.71. The lowest BCUT2D eigenvalue weighted by molar-refractivity contribution is 0.401. The van der Waals surface area contributed by atoms with E-state index >= 15 is 0 Å². The maximum atomic E-state index is 9.68. The molecule has 0 bridgehead atoms. The van der Waals surface area contributed by atoms with E-state index in [2.05, 4.69) is 0 Å². The van der Waals surface area contributed by atoms with Gasteiger partial charge < -0.3 is 15.3 Å². The second-order valence-corrected chi connectivity index (χ2v) is 3.82. The molecule has 0 unspecified atom stereocenters. The molecule has 0 atom stereocenters. The number of rotatable bonds is 0. The van der Waals surface area contributed by atoms with E-state index in [-0.39, 0.29) is 22.8 Å². The Morgan fingerprint density at radius 3 is 2.41 bits per heavy atom. The molecule has 0 saturated carbocycles. The van der Waals surface area contributed by atoms with Gasteiger partial charge in [-0.1, -0.05) is 0 Å². The molecule has 0 radical (unpaired) electrons. The van der Waals surface area contributed by atoms with E-state index in [1.165, 1.54) is 12.1 Å². The molecule has 3 N–H and O–H groups in total. The minimum Gasteiger partial charge on any atom is -0.508 e. The van der Waals surface area contributed by atoms with Gasteiger partial charge in [-0.2, -0.15) is 0 Å². The lowest BCUT2D eigenvalue weighted by Gasteiger charge is -1.96. The molecule has 0 aliphatic rings. The molecule has 0 spiro atoms. The molecule has 2 aromatic carbocycles. The molecule has 0 aliphatic heterocycles. The molecule has 84 valence electrons. The zero-order valence-electron chi connectivity index (χ0n) is 8.71. The molecule has 17 heavy (non-hydrogen) atoms. The molecule has 0 fully saturated rings. The molecule has 0 amide bonds. The van der Waals surface area contributed by atoms with Crippen LogP contribution in [0.4, 0.5) is 0 Å². The van der Waals surface area contributed by atoms with E-state index in [9.17, 15) is 15.3 Å². The van der Waals surface area contributed by atoms with Gasteiger partial charge in [0.15, 0.2) is 5.75 Å². The van der Waals surface area contributed by atoms with Crippen molar-refractivity contribution < 1.29 is 19.7 Å². The Morgan fingerprint density at radius 1 is 0.824 bits per heavy atom. The van der Waals surface area contributed by atoms with Gasteiger partial charge in [-0.05, 0) is 30.3 Å². The third-order valence-electron chi connectivity index (χ3n) is 2.66. The van der Waals surface area contributed by atoms with Crippen LogP contribution in [0.25, 0.3) is 21.9 Å². The number of hydrogen-bond donors (Lipinski definition) is 3. The average Bonchev–Trinajstić information content (AvgIpc) is 2.32. The van der Waals surface area contributed by atoms with Crippen LogP contribution in [-0.2, 0) is 0 Å². The van der Waals surface area contributed by atoms with E-state index in [0.717, 1.165) is 5.39 Å². The quantitative estimate of drug-likeness (QED) is 0.315. The first-order valence-electron chi connectivity index (χ1n) is 5.06. The Kier molecular flexibility index (Phi) is 1.86. The Morgan fingerprint density at radius 2 is 1.59 bits per heavy atom. The Bertz CT molecular complexity index is 734. The Labute approximate surface area is 96.0 Å².